The molecular formula is C47H30N2. The van der Waals surface area contributed by atoms with Crippen molar-refractivity contribution in [3.63, 3.8) is 0 Å². The summed E-state index contributed by atoms with van der Waals surface area (Å²) in [5.41, 5.74) is 6.84. The standard InChI is InChI=1S/C47H30N2/c1-2-14-32(15-3-1)47-48-43-24-12-13-25-44(43)49(47)34-28-26-31(27-29-34)45-38-20-8-10-22-40(38)46(41-23-11-9-21-39(41)45)42-30-33-16-4-5-17-35(33)36-18-6-7-19-37(36)42/h1-30H/i1D,2D,3D,14D,15D. The van der Waals surface area contributed by atoms with Gasteiger partial charge in [-0.3, -0.25) is 4.57 Å². The molecule has 10 rings (SSSR count). The fraction of sp³-hybridized carbons (Fsp3) is 0. The average molecular weight is 628 g/mol. The van der Waals surface area contributed by atoms with Crippen molar-refractivity contribution in [2.24, 2.45) is 0 Å². The first-order chi connectivity index (χ1) is 26.4. The van der Waals surface area contributed by atoms with Gasteiger partial charge >= 0.3 is 0 Å². The number of aromatic nitrogens is 2. The molecule has 9 aromatic carbocycles. The van der Waals surface area contributed by atoms with E-state index in [2.05, 4.69) is 115 Å². The molecule has 1 heterocycles. The van der Waals surface area contributed by atoms with Gasteiger partial charge in [-0.2, -0.15) is 0 Å². The van der Waals surface area contributed by atoms with E-state index in [0.717, 1.165) is 33.1 Å². The van der Waals surface area contributed by atoms with E-state index in [1.54, 1.807) is 0 Å². The van der Waals surface area contributed by atoms with E-state index < -0.39 is 6.04 Å². The summed E-state index contributed by atoms with van der Waals surface area (Å²) in [4.78, 5) is 4.83. The number of para-hydroxylation sites is 2. The molecule has 0 radical (unpaired) electrons. The SMILES string of the molecule is [2H]c1c([2H])c([2H])c(-c2nc3ccccc3n2-c2ccc(-c3c4ccccc4c(-c4cc5ccccc5c5ccccc45)c4ccccc34)cc2)c([2H])c1[2H]. The summed E-state index contributed by atoms with van der Waals surface area (Å²) in [7, 11) is 0. The van der Waals surface area contributed by atoms with Crippen molar-refractivity contribution in [2.75, 3.05) is 0 Å². The van der Waals surface area contributed by atoms with E-state index in [1.807, 2.05) is 41.0 Å². The van der Waals surface area contributed by atoms with Crippen molar-refractivity contribution < 1.29 is 6.85 Å². The third kappa shape index (κ3) is 4.31. The predicted octanol–water partition coefficient (Wildman–Crippen LogP) is 12.6. The van der Waals surface area contributed by atoms with Crippen LogP contribution in [0.25, 0.3) is 93.5 Å². The Morgan fingerprint density at radius 2 is 1.00 bits per heavy atom. The van der Waals surface area contributed by atoms with Crippen LogP contribution in [0, 0.1) is 0 Å². The maximum Gasteiger partial charge on any atom is 0.145 e. The summed E-state index contributed by atoms with van der Waals surface area (Å²) in [5.74, 6) is 0.295. The van der Waals surface area contributed by atoms with Crippen LogP contribution in [0.3, 0.4) is 0 Å². The van der Waals surface area contributed by atoms with Crippen LogP contribution in [0.15, 0.2) is 182 Å². The molecule has 0 saturated carbocycles. The minimum atomic E-state index is -0.431. The van der Waals surface area contributed by atoms with Crippen LogP contribution in [-0.4, -0.2) is 9.55 Å². The number of imidazole rings is 1. The fourth-order valence-corrected chi connectivity index (χ4v) is 7.58. The van der Waals surface area contributed by atoms with E-state index in [4.69, 9.17) is 11.8 Å². The Kier molecular flexibility index (Phi) is 5.16. The topological polar surface area (TPSA) is 17.8 Å². The number of fused-ring (bicyclic) bond motifs is 6. The molecule has 0 unspecified atom stereocenters. The number of nitrogens with zero attached hydrogens (tertiary/aromatic N) is 2. The van der Waals surface area contributed by atoms with Crippen LogP contribution in [0.5, 0.6) is 0 Å². The second-order valence-corrected chi connectivity index (χ2v) is 12.3. The monoisotopic (exact) mass is 627 g/mol. The van der Waals surface area contributed by atoms with Crippen molar-refractivity contribution in [3.05, 3.63) is 182 Å². The first-order valence-electron chi connectivity index (χ1n) is 18.9. The first-order valence-corrected chi connectivity index (χ1v) is 16.4. The first kappa shape index (κ1) is 22.9. The van der Waals surface area contributed by atoms with Crippen molar-refractivity contribution in [1.29, 1.82) is 0 Å². The van der Waals surface area contributed by atoms with Crippen molar-refractivity contribution >= 4 is 54.1 Å². The summed E-state index contributed by atoms with van der Waals surface area (Å²) in [6.07, 6.45) is 0. The van der Waals surface area contributed by atoms with Crippen molar-refractivity contribution in [1.82, 2.24) is 9.55 Å². The van der Waals surface area contributed by atoms with Crippen LogP contribution in [-0.2, 0) is 0 Å². The smallest absolute Gasteiger partial charge is 0.145 e. The largest absolute Gasteiger partial charge is 0.292 e. The highest BCUT2D eigenvalue weighted by Gasteiger charge is 2.20. The van der Waals surface area contributed by atoms with Gasteiger partial charge in [-0.1, -0.05) is 152 Å². The van der Waals surface area contributed by atoms with Gasteiger partial charge in [-0.15, -0.1) is 0 Å². The van der Waals surface area contributed by atoms with Gasteiger partial charge in [0.25, 0.3) is 0 Å². The Labute approximate surface area is 291 Å². The van der Waals surface area contributed by atoms with E-state index in [-0.39, 0.29) is 29.7 Å². The average Bonchev–Trinajstić information content (AvgIpc) is 3.60. The molecule has 0 bridgehead atoms. The quantitative estimate of drug-likeness (QED) is 0.140. The molecule has 0 aliphatic heterocycles. The highest BCUT2D eigenvalue weighted by molar-refractivity contribution is 6.25. The molecule has 0 amide bonds. The Bertz CT molecular complexity index is 3080. The van der Waals surface area contributed by atoms with Crippen molar-refractivity contribution in [2.45, 2.75) is 0 Å². The zero-order valence-electron chi connectivity index (χ0n) is 31.3. The normalized spacial score (nSPS) is 13.1. The van der Waals surface area contributed by atoms with Gasteiger partial charge in [-0.05, 0) is 95.7 Å². The second kappa shape index (κ2) is 11.0. The van der Waals surface area contributed by atoms with E-state index in [9.17, 15) is 0 Å². The summed E-state index contributed by atoms with van der Waals surface area (Å²) in [5, 5.41) is 9.50. The van der Waals surface area contributed by atoms with Gasteiger partial charge in [-0.25, -0.2) is 4.98 Å². The minimum absolute atomic E-state index is 0.0649. The summed E-state index contributed by atoms with van der Waals surface area (Å²) >= 11 is 0. The summed E-state index contributed by atoms with van der Waals surface area (Å²) in [6, 6.07) is 51.0. The molecule has 49 heavy (non-hydrogen) atoms. The Morgan fingerprint density at radius 3 is 1.69 bits per heavy atom. The van der Waals surface area contributed by atoms with Gasteiger partial charge in [0.2, 0.25) is 0 Å². The predicted molar refractivity (Wildman–Crippen MR) is 207 cm³/mol. The van der Waals surface area contributed by atoms with Crippen LogP contribution in [0.2, 0.25) is 0 Å². The maximum atomic E-state index is 8.74. The lowest BCUT2D eigenvalue weighted by Gasteiger charge is -2.20. The lowest BCUT2D eigenvalue weighted by atomic mass is 9.84. The molecule has 2 nitrogen and oxygen atoms in total. The number of benzene rings is 9. The minimum Gasteiger partial charge on any atom is -0.292 e. The lowest BCUT2D eigenvalue weighted by Crippen LogP contribution is -1.98. The van der Waals surface area contributed by atoms with Gasteiger partial charge in [0.15, 0.2) is 0 Å². The summed E-state index contributed by atoms with van der Waals surface area (Å²) < 4.78 is 44.2. The molecule has 0 N–H and O–H groups in total. The fourth-order valence-electron chi connectivity index (χ4n) is 7.58. The third-order valence-corrected chi connectivity index (χ3v) is 9.67. The molecule has 1 aromatic heterocycles. The highest BCUT2D eigenvalue weighted by Crippen LogP contribution is 2.46. The zero-order chi connectivity index (χ0) is 36.7. The molecule has 0 spiro atoms. The van der Waals surface area contributed by atoms with Gasteiger partial charge in [0.05, 0.1) is 17.9 Å². The van der Waals surface area contributed by atoms with E-state index >= 15 is 0 Å². The third-order valence-electron chi connectivity index (χ3n) is 9.67. The van der Waals surface area contributed by atoms with Crippen LogP contribution in [0.4, 0.5) is 0 Å². The molecule has 228 valence electrons. The zero-order valence-corrected chi connectivity index (χ0v) is 26.3. The van der Waals surface area contributed by atoms with Crippen LogP contribution >= 0.6 is 0 Å². The molecule has 0 fully saturated rings. The molecular weight excluding hydrogens is 593 g/mol. The van der Waals surface area contributed by atoms with Crippen molar-refractivity contribution in [3.8, 4) is 39.3 Å². The Hall–Kier alpha value is -6.51. The lowest BCUT2D eigenvalue weighted by molar-refractivity contribution is 1.10. The van der Waals surface area contributed by atoms with Crippen LogP contribution in [0.1, 0.15) is 6.85 Å². The molecule has 0 atom stereocenters. The number of rotatable bonds is 4. The van der Waals surface area contributed by atoms with Gasteiger partial charge in [0.1, 0.15) is 5.82 Å². The summed E-state index contributed by atoms with van der Waals surface area (Å²) in [6.45, 7) is 0. The van der Waals surface area contributed by atoms with Crippen LogP contribution < -0.4 is 0 Å². The molecule has 0 aliphatic rings. The number of hydrogen-bond acceptors (Lipinski definition) is 1. The molecule has 0 saturated heterocycles. The molecule has 2 heteroatoms. The molecule has 10 aromatic rings. The second-order valence-electron chi connectivity index (χ2n) is 12.3. The Morgan fingerprint density at radius 1 is 0.449 bits per heavy atom. The maximum absolute atomic E-state index is 8.74. The Balaban J connectivity index is 1.21. The van der Waals surface area contributed by atoms with E-state index in [0.29, 0.717) is 11.3 Å². The van der Waals surface area contributed by atoms with E-state index in [1.165, 1.54) is 43.4 Å². The molecule has 0 aliphatic carbocycles. The van der Waals surface area contributed by atoms with Gasteiger partial charge < -0.3 is 0 Å². The van der Waals surface area contributed by atoms with Gasteiger partial charge in [0, 0.05) is 11.3 Å². The number of hydrogen-bond donors (Lipinski definition) is 0. The highest BCUT2D eigenvalue weighted by atomic mass is 15.1.